The summed E-state index contributed by atoms with van der Waals surface area (Å²) in [5.41, 5.74) is 2.40. The molecule has 0 unspecified atom stereocenters. The summed E-state index contributed by atoms with van der Waals surface area (Å²) in [5, 5.41) is 1.23. The molecular formula is C8H16N2O2. The van der Waals surface area contributed by atoms with E-state index in [2.05, 4.69) is 5.43 Å². The maximum Gasteiger partial charge on any atom is 0.240 e. The van der Waals surface area contributed by atoms with Crippen LogP contribution in [0, 0.1) is 0 Å². The summed E-state index contributed by atoms with van der Waals surface area (Å²) in [6.45, 7) is 3.40. The van der Waals surface area contributed by atoms with Gasteiger partial charge in [0.2, 0.25) is 11.8 Å². The van der Waals surface area contributed by atoms with E-state index < -0.39 is 0 Å². The summed E-state index contributed by atoms with van der Waals surface area (Å²) in [6, 6.07) is 0. The van der Waals surface area contributed by atoms with Gasteiger partial charge >= 0.3 is 0 Å². The molecule has 0 spiro atoms. The quantitative estimate of drug-likeness (QED) is 0.636. The summed E-state index contributed by atoms with van der Waals surface area (Å²) in [7, 11) is 1.55. The van der Waals surface area contributed by atoms with Gasteiger partial charge in [-0.3, -0.25) is 20.0 Å². The van der Waals surface area contributed by atoms with Crippen LogP contribution in [0.5, 0.6) is 0 Å². The molecule has 0 atom stereocenters. The van der Waals surface area contributed by atoms with Crippen LogP contribution in [-0.4, -0.2) is 23.9 Å². The van der Waals surface area contributed by atoms with Gasteiger partial charge < -0.3 is 0 Å². The molecule has 2 amide bonds. The number of carbonyl (C=O) groups excluding carboxylic acids is 2. The number of carbonyl (C=O) groups is 2. The average Bonchev–Trinajstić information content (AvgIpc) is 1.98. The van der Waals surface area contributed by atoms with Crippen LogP contribution < -0.4 is 5.43 Å². The lowest BCUT2D eigenvalue weighted by molar-refractivity contribution is -0.139. The number of nitrogens with zero attached hydrogens (tertiary/aromatic N) is 1. The summed E-state index contributed by atoms with van der Waals surface area (Å²) >= 11 is 0. The number of hydrogen-bond acceptors (Lipinski definition) is 2. The second kappa shape index (κ2) is 5.57. The highest BCUT2D eigenvalue weighted by Gasteiger charge is 2.07. The molecule has 0 heterocycles. The smallest absolute Gasteiger partial charge is 0.240 e. The molecule has 0 rings (SSSR count). The minimum Gasteiger partial charge on any atom is -0.274 e. The highest BCUT2D eigenvalue weighted by Crippen LogP contribution is 1.96. The molecule has 0 aromatic carbocycles. The number of hydrogen-bond donors (Lipinski definition) is 1. The van der Waals surface area contributed by atoms with Gasteiger partial charge in [-0.25, -0.2) is 0 Å². The van der Waals surface area contributed by atoms with E-state index in [9.17, 15) is 9.59 Å². The van der Waals surface area contributed by atoms with Gasteiger partial charge in [0.1, 0.15) is 0 Å². The van der Waals surface area contributed by atoms with Crippen molar-refractivity contribution in [2.24, 2.45) is 0 Å². The molecule has 4 nitrogen and oxygen atoms in total. The lowest BCUT2D eigenvalue weighted by Crippen LogP contribution is -2.42. The Kier molecular flexibility index (Phi) is 5.08. The van der Waals surface area contributed by atoms with Crippen LogP contribution in [0.3, 0.4) is 0 Å². The van der Waals surface area contributed by atoms with Crippen molar-refractivity contribution in [3.8, 4) is 0 Å². The first-order valence-corrected chi connectivity index (χ1v) is 4.11. The van der Waals surface area contributed by atoms with Crippen LogP contribution in [0.2, 0.25) is 0 Å². The first-order chi connectivity index (χ1) is 5.57. The second-order valence-electron chi connectivity index (χ2n) is 2.72. The third-order valence-electron chi connectivity index (χ3n) is 1.44. The Morgan fingerprint density at radius 3 is 2.42 bits per heavy atom. The van der Waals surface area contributed by atoms with Crippen LogP contribution in [0.25, 0.3) is 0 Å². The van der Waals surface area contributed by atoms with E-state index in [1.165, 1.54) is 11.9 Å². The first-order valence-electron chi connectivity index (χ1n) is 4.11. The molecule has 0 bridgehead atoms. The zero-order chi connectivity index (χ0) is 9.56. The van der Waals surface area contributed by atoms with Gasteiger partial charge in [-0.05, 0) is 6.42 Å². The van der Waals surface area contributed by atoms with Gasteiger partial charge in [-0.2, -0.15) is 0 Å². The highest BCUT2D eigenvalue weighted by molar-refractivity contribution is 5.80. The number of nitrogens with one attached hydrogen (secondary N) is 1. The topological polar surface area (TPSA) is 49.4 Å². The SMILES string of the molecule is CCCCC(=O)N(C)NC(C)=O. The zero-order valence-electron chi connectivity index (χ0n) is 7.89. The lowest BCUT2D eigenvalue weighted by Gasteiger charge is -2.16. The third-order valence-corrected chi connectivity index (χ3v) is 1.44. The molecular weight excluding hydrogens is 156 g/mol. The maximum atomic E-state index is 11.1. The van der Waals surface area contributed by atoms with Crippen LogP contribution in [0.4, 0.5) is 0 Å². The standard InChI is InChI=1S/C8H16N2O2/c1-4-5-6-8(12)10(3)9-7(2)11/h4-6H2,1-3H3,(H,9,11). The number of hydrazine groups is 1. The molecule has 0 fully saturated rings. The van der Waals surface area contributed by atoms with E-state index in [1.54, 1.807) is 7.05 Å². The summed E-state index contributed by atoms with van der Waals surface area (Å²) in [6.07, 6.45) is 2.34. The summed E-state index contributed by atoms with van der Waals surface area (Å²) in [4.78, 5) is 21.7. The minimum atomic E-state index is -0.220. The third kappa shape index (κ3) is 4.71. The number of rotatable bonds is 3. The molecule has 70 valence electrons. The van der Waals surface area contributed by atoms with Crippen molar-refractivity contribution >= 4 is 11.8 Å². The van der Waals surface area contributed by atoms with E-state index >= 15 is 0 Å². The van der Waals surface area contributed by atoms with Crippen LogP contribution in [0.15, 0.2) is 0 Å². The molecule has 0 aliphatic heterocycles. The van der Waals surface area contributed by atoms with Crippen molar-refractivity contribution in [1.82, 2.24) is 10.4 Å². The van der Waals surface area contributed by atoms with Gasteiger partial charge in [0.25, 0.3) is 0 Å². The number of unbranched alkanes of at least 4 members (excludes halogenated alkanes) is 1. The Bertz CT molecular complexity index is 168. The predicted octanol–water partition coefficient (Wildman–Crippen LogP) is 0.686. The molecule has 0 aromatic heterocycles. The lowest BCUT2D eigenvalue weighted by atomic mass is 10.2. The molecule has 12 heavy (non-hydrogen) atoms. The van der Waals surface area contributed by atoms with Gasteiger partial charge in [0.05, 0.1) is 0 Å². The predicted molar refractivity (Wildman–Crippen MR) is 46.1 cm³/mol. The Labute approximate surface area is 72.9 Å². The normalized spacial score (nSPS) is 9.25. The largest absolute Gasteiger partial charge is 0.274 e. The fourth-order valence-electron chi connectivity index (χ4n) is 0.794. The first kappa shape index (κ1) is 10.9. The molecule has 0 saturated carbocycles. The molecule has 1 N–H and O–H groups in total. The zero-order valence-corrected chi connectivity index (χ0v) is 7.89. The Hall–Kier alpha value is -1.06. The molecule has 0 aliphatic carbocycles. The van der Waals surface area contributed by atoms with E-state index in [0.29, 0.717) is 6.42 Å². The van der Waals surface area contributed by atoms with Crippen molar-refractivity contribution in [3.63, 3.8) is 0 Å². The summed E-state index contributed by atoms with van der Waals surface area (Å²) in [5.74, 6) is -0.269. The fourth-order valence-corrected chi connectivity index (χ4v) is 0.794. The Balaban J connectivity index is 3.69. The second-order valence-corrected chi connectivity index (χ2v) is 2.72. The summed E-state index contributed by atoms with van der Waals surface area (Å²) < 4.78 is 0. The fraction of sp³-hybridized carbons (Fsp3) is 0.750. The van der Waals surface area contributed by atoms with Crippen molar-refractivity contribution in [3.05, 3.63) is 0 Å². The van der Waals surface area contributed by atoms with Crippen LogP contribution >= 0.6 is 0 Å². The van der Waals surface area contributed by atoms with Gasteiger partial charge in [-0.1, -0.05) is 13.3 Å². The molecule has 0 aliphatic rings. The molecule has 4 heteroatoms. The van der Waals surface area contributed by atoms with Crippen molar-refractivity contribution in [2.75, 3.05) is 7.05 Å². The van der Waals surface area contributed by atoms with E-state index in [0.717, 1.165) is 12.8 Å². The molecule has 0 aromatic rings. The monoisotopic (exact) mass is 172 g/mol. The van der Waals surface area contributed by atoms with Crippen molar-refractivity contribution < 1.29 is 9.59 Å². The molecule has 0 saturated heterocycles. The Morgan fingerprint density at radius 2 is 2.00 bits per heavy atom. The van der Waals surface area contributed by atoms with Crippen molar-refractivity contribution in [2.45, 2.75) is 33.1 Å². The van der Waals surface area contributed by atoms with E-state index in [4.69, 9.17) is 0 Å². The Morgan fingerprint density at radius 1 is 1.42 bits per heavy atom. The van der Waals surface area contributed by atoms with Gasteiger partial charge in [0, 0.05) is 20.4 Å². The van der Waals surface area contributed by atoms with Gasteiger partial charge in [0.15, 0.2) is 0 Å². The minimum absolute atomic E-state index is 0.0490. The number of amides is 2. The maximum absolute atomic E-state index is 11.1. The van der Waals surface area contributed by atoms with Crippen LogP contribution in [-0.2, 0) is 9.59 Å². The van der Waals surface area contributed by atoms with Crippen LogP contribution in [0.1, 0.15) is 33.1 Å². The average molecular weight is 172 g/mol. The molecule has 0 radical (unpaired) electrons. The highest BCUT2D eigenvalue weighted by atomic mass is 16.2. The van der Waals surface area contributed by atoms with E-state index in [1.807, 2.05) is 6.92 Å². The van der Waals surface area contributed by atoms with Gasteiger partial charge in [-0.15, -0.1) is 0 Å². The van der Waals surface area contributed by atoms with Crippen molar-refractivity contribution in [1.29, 1.82) is 0 Å². The van der Waals surface area contributed by atoms with E-state index in [-0.39, 0.29) is 11.8 Å².